The minimum atomic E-state index is 0.515. The lowest BCUT2D eigenvalue weighted by Gasteiger charge is -2.15. The molecule has 1 unspecified atom stereocenters. The number of hydrazine groups is 1. The van der Waals surface area contributed by atoms with E-state index < -0.39 is 0 Å². The Kier molecular flexibility index (Phi) is 15.6. The van der Waals surface area contributed by atoms with Crippen LogP contribution in [0.25, 0.3) is 0 Å². The van der Waals surface area contributed by atoms with Gasteiger partial charge in [-0.05, 0) is 18.6 Å². The number of hydrogen-bond acceptors (Lipinski definition) is 3. The highest BCUT2D eigenvalue weighted by Gasteiger charge is 2.05. The quantitative estimate of drug-likeness (QED) is 0.278. The summed E-state index contributed by atoms with van der Waals surface area (Å²) in [4.78, 5) is 0. The van der Waals surface area contributed by atoms with Gasteiger partial charge in [0.15, 0.2) is 0 Å². The van der Waals surface area contributed by atoms with Crippen molar-refractivity contribution < 1.29 is 0 Å². The van der Waals surface area contributed by atoms with E-state index in [0.29, 0.717) is 6.04 Å². The van der Waals surface area contributed by atoms with Gasteiger partial charge in [0.2, 0.25) is 0 Å². The van der Waals surface area contributed by atoms with Crippen molar-refractivity contribution in [3.63, 3.8) is 0 Å². The molecule has 0 saturated carbocycles. The van der Waals surface area contributed by atoms with E-state index in [1.807, 2.05) is 11.8 Å². The lowest BCUT2D eigenvalue weighted by Crippen LogP contribution is -2.37. The molecular weight excluding hydrogens is 240 g/mol. The summed E-state index contributed by atoms with van der Waals surface area (Å²) in [6.07, 6.45) is 13.7. The minimum absolute atomic E-state index is 0.515. The second-order valence-corrected chi connectivity index (χ2v) is 6.35. The molecule has 0 amide bonds. The number of nitrogens with two attached hydrogens (primary N) is 1. The smallest absolute Gasteiger partial charge is 0.0301 e. The standard InChI is InChI=1S/C15H34N2S/c1-3-5-6-7-8-9-10-11-12-15(17-16)14-18-13-4-2/h15,17H,3-14,16H2,1-2H3. The Morgan fingerprint density at radius 1 is 0.889 bits per heavy atom. The normalized spacial score (nSPS) is 12.8. The van der Waals surface area contributed by atoms with Crippen molar-refractivity contribution in [2.75, 3.05) is 11.5 Å². The van der Waals surface area contributed by atoms with Crippen LogP contribution in [0.2, 0.25) is 0 Å². The van der Waals surface area contributed by atoms with E-state index in [1.165, 1.54) is 75.7 Å². The summed E-state index contributed by atoms with van der Waals surface area (Å²) in [5.41, 5.74) is 2.96. The fourth-order valence-electron chi connectivity index (χ4n) is 2.11. The fourth-order valence-corrected chi connectivity index (χ4v) is 3.11. The third kappa shape index (κ3) is 12.7. The molecule has 0 spiro atoms. The van der Waals surface area contributed by atoms with Gasteiger partial charge in [-0.1, -0.05) is 65.2 Å². The Hall–Kier alpha value is 0.270. The van der Waals surface area contributed by atoms with Crippen LogP contribution in [0.15, 0.2) is 0 Å². The van der Waals surface area contributed by atoms with Crippen LogP contribution in [0.5, 0.6) is 0 Å². The highest BCUT2D eigenvalue weighted by Crippen LogP contribution is 2.13. The molecule has 0 aliphatic carbocycles. The maximum Gasteiger partial charge on any atom is 0.0301 e. The predicted molar refractivity (Wildman–Crippen MR) is 86.0 cm³/mol. The van der Waals surface area contributed by atoms with Gasteiger partial charge in [0.1, 0.15) is 0 Å². The first-order valence-electron chi connectivity index (χ1n) is 7.89. The van der Waals surface area contributed by atoms with Crippen LogP contribution in [-0.2, 0) is 0 Å². The van der Waals surface area contributed by atoms with E-state index in [-0.39, 0.29) is 0 Å². The van der Waals surface area contributed by atoms with Gasteiger partial charge in [-0.3, -0.25) is 11.3 Å². The lowest BCUT2D eigenvalue weighted by molar-refractivity contribution is 0.491. The average molecular weight is 275 g/mol. The van der Waals surface area contributed by atoms with Gasteiger partial charge in [0.25, 0.3) is 0 Å². The highest BCUT2D eigenvalue weighted by molar-refractivity contribution is 7.99. The molecule has 0 aliphatic rings. The predicted octanol–water partition coefficient (Wildman–Crippen LogP) is 4.49. The summed E-state index contributed by atoms with van der Waals surface area (Å²) in [5.74, 6) is 8.01. The van der Waals surface area contributed by atoms with E-state index >= 15 is 0 Å². The van der Waals surface area contributed by atoms with Gasteiger partial charge in [-0.25, -0.2) is 0 Å². The van der Waals surface area contributed by atoms with E-state index in [9.17, 15) is 0 Å². The zero-order valence-electron chi connectivity index (χ0n) is 12.5. The molecule has 18 heavy (non-hydrogen) atoms. The Morgan fingerprint density at radius 2 is 1.50 bits per heavy atom. The monoisotopic (exact) mass is 274 g/mol. The van der Waals surface area contributed by atoms with Crippen molar-refractivity contribution in [1.82, 2.24) is 5.43 Å². The van der Waals surface area contributed by atoms with Crippen LogP contribution in [0.4, 0.5) is 0 Å². The molecule has 0 aromatic rings. The molecule has 0 bridgehead atoms. The molecule has 0 saturated heterocycles. The third-order valence-corrected chi connectivity index (χ3v) is 4.64. The molecule has 0 heterocycles. The van der Waals surface area contributed by atoms with Crippen molar-refractivity contribution in [2.45, 2.75) is 84.1 Å². The van der Waals surface area contributed by atoms with Crippen molar-refractivity contribution >= 4 is 11.8 Å². The summed E-state index contributed by atoms with van der Waals surface area (Å²) < 4.78 is 0. The molecule has 2 nitrogen and oxygen atoms in total. The number of rotatable bonds is 14. The van der Waals surface area contributed by atoms with Crippen LogP contribution in [0.3, 0.4) is 0 Å². The van der Waals surface area contributed by atoms with Gasteiger partial charge in [-0.2, -0.15) is 11.8 Å². The number of hydrogen-bond donors (Lipinski definition) is 2. The Balaban J connectivity index is 3.23. The van der Waals surface area contributed by atoms with Gasteiger partial charge in [0.05, 0.1) is 0 Å². The van der Waals surface area contributed by atoms with Crippen LogP contribution >= 0.6 is 11.8 Å². The molecule has 0 radical (unpaired) electrons. The second kappa shape index (κ2) is 15.3. The van der Waals surface area contributed by atoms with Crippen LogP contribution in [0.1, 0.15) is 78.1 Å². The Morgan fingerprint density at radius 3 is 2.06 bits per heavy atom. The lowest BCUT2D eigenvalue weighted by atomic mass is 10.1. The molecular formula is C15H34N2S. The van der Waals surface area contributed by atoms with E-state index in [2.05, 4.69) is 19.3 Å². The van der Waals surface area contributed by atoms with Gasteiger partial charge in [0, 0.05) is 11.8 Å². The maximum absolute atomic E-state index is 5.59. The first-order chi connectivity index (χ1) is 8.85. The molecule has 0 fully saturated rings. The minimum Gasteiger partial charge on any atom is -0.271 e. The van der Waals surface area contributed by atoms with E-state index in [0.717, 1.165) is 0 Å². The zero-order valence-corrected chi connectivity index (χ0v) is 13.4. The Labute approximate surface area is 119 Å². The van der Waals surface area contributed by atoms with Crippen molar-refractivity contribution in [3.8, 4) is 0 Å². The molecule has 0 rings (SSSR count). The molecule has 0 aromatic heterocycles. The summed E-state index contributed by atoms with van der Waals surface area (Å²) in [7, 11) is 0. The summed E-state index contributed by atoms with van der Waals surface area (Å²) in [6.45, 7) is 4.51. The van der Waals surface area contributed by atoms with Crippen molar-refractivity contribution in [1.29, 1.82) is 0 Å². The number of nitrogens with one attached hydrogen (secondary N) is 1. The fraction of sp³-hybridized carbons (Fsp3) is 1.00. The van der Waals surface area contributed by atoms with Crippen molar-refractivity contribution in [2.24, 2.45) is 5.84 Å². The van der Waals surface area contributed by atoms with E-state index in [1.54, 1.807) is 0 Å². The topological polar surface area (TPSA) is 38.0 Å². The first-order valence-corrected chi connectivity index (χ1v) is 9.04. The van der Waals surface area contributed by atoms with Gasteiger partial charge >= 0.3 is 0 Å². The van der Waals surface area contributed by atoms with Crippen LogP contribution < -0.4 is 11.3 Å². The molecule has 3 N–H and O–H groups in total. The molecule has 1 atom stereocenters. The third-order valence-electron chi connectivity index (χ3n) is 3.31. The van der Waals surface area contributed by atoms with E-state index in [4.69, 9.17) is 5.84 Å². The van der Waals surface area contributed by atoms with Crippen LogP contribution in [0, 0.1) is 0 Å². The summed E-state index contributed by atoms with van der Waals surface area (Å²) >= 11 is 2.02. The summed E-state index contributed by atoms with van der Waals surface area (Å²) in [6, 6.07) is 0.515. The second-order valence-electron chi connectivity index (χ2n) is 5.20. The first kappa shape index (κ1) is 18.3. The SMILES string of the molecule is CCCCCCCCCCC(CSCCC)NN. The van der Waals surface area contributed by atoms with Crippen molar-refractivity contribution in [3.05, 3.63) is 0 Å². The summed E-state index contributed by atoms with van der Waals surface area (Å²) in [5, 5.41) is 0. The zero-order chi connectivity index (χ0) is 13.5. The largest absolute Gasteiger partial charge is 0.271 e. The van der Waals surface area contributed by atoms with Crippen LogP contribution in [-0.4, -0.2) is 17.5 Å². The number of unbranched alkanes of at least 4 members (excludes halogenated alkanes) is 7. The Bertz CT molecular complexity index is 153. The average Bonchev–Trinajstić information content (AvgIpc) is 2.40. The van der Waals surface area contributed by atoms with Gasteiger partial charge < -0.3 is 0 Å². The molecule has 0 aliphatic heterocycles. The number of thioether (sulfide) groups is 1. The van der Waals surface area contributed by atoms with Gasteiger partial charge in [-0.15, -0.1) is 0 Å². The molecule has 0 aromatic carbocycles. The highest BCUT2D eigenvalue weighted by atomic mass is 32.2. The maximum atomic E-state index is 5.59. The molecule has 110 valence electrons. The molecule has 3 heteroatoms.